The Labute approximate surface area is 146 Å². The predicted molar refractivity (Wildman–Crippen MR) is 84.4 cm³/mol. The molecule has 0 saturated heterocycles. The lowest BCUT2D eigenvalue weighted by Gasteiger charge is -2.12. The third-order valence-electron chi connectivity index (χ3n) is 3.74. The second kappa shape index (κ2) is 7.43. The summed E-state index contributed by atoms with van der Waals surface area (Å²) in [6.45, 7) is 2.47. The van der Waals surface area contributed by atoms with Crippen LogP contribution in [0.25, 0.3) is 0 Å². The highest BCUT2D eigenvalue weighted by Gasteiger charge is 2.26. The van der Waals surface area contributed by atoms with E-state index < -0.39 is 46.8 Å². The lowest BCUT2D eigenvalue weighted by Crippen LogP contribution is -2.27. The third kappa shape index (κ3) is 3.49. The number of amides is 1. The molecule has 0 unspecified atom stereocenters. The van der Waals surface area contributed by atoms with Gasteiger partial charge in [-0.05, 0) is 13.3 Å². The first-order valence-electron chi connectivity index (χ1n) is 7.51. The summed E-state index contributed by atoms with van der Waals surface area (Å²) in [6, 6.07) is 0. The first-order chi connectivity index (χ1) is 11.7. The van der Waals surface area contributed by atoms with Crippen LogP contribution in [0.3, 0.4) is 0 Å². The van der Waals surface area contributed by atoms with Crippen LogP contribution in [0.4, 0.5) is 17.6 Å². The van der Waals surface area contributed by atoms with Crippen LogP contribution in [-0.4, -0.2) is 15.7 Å². The average Bonchev–Trinajstić information content (AvgIpc) is 2.82. The van der Waals surface area contributed by atoms with Gasteiger partial charge in [0.25, 0.3) is 5.91 Å². The molecular formula is C16H16ClF4N3O. The molecule has 0 radical (unpaired) electrons. The van der Waals surface area contributed by atoms with Crippen LogP contribution in [0.5, 0.6) is 0 Å². The van der Waals surface area contributed by atoms with Crippen molar-refractivity contribution in [1.82, 2.24) is 15.1 Å². The van der Waals surface area contributed by atoms with E-state index in [1.54, 1.807) is 13.8 Å². The van der Waals surface area contributed by atoms with Crippen molar-refractivity contribution in [3.05, 3.63) is 50.8 Å². The van der Waals surface area contributed by atoms with Crippen molar-refractivity contribution in [1.29, 1.82) is 0 Å². The molecule has 1 aromatic carbocycles. The molecule has 1 N–H and O–H groups in total. The Morgan fingerprint density at radius 2 is 1.64 bits per heavy atom. The minimum absolute atomic E-state index is 0.0245. The van der Waals surface area contributed by atoms with Crippen molar-refractivity contribution < 1.29 is 22.4 Å². The molecule has 1 heterocycles. The number of carbonyl (C=O) groups is 1. The molecule has 0 aliphatic heterocycles. The summed E-state index contributed by atoms with van der Waals surface area (Å²) in [5.41, 5.74) is -1.16. The molecule has 136 valence electrons. The molecule has 0 aliphatic carbocycles. The fraction of sp³-hybridized carbons (Fsp3) is 0.375. The number of nitrogens with zero attached hydrogens (tertiary/aromatic N) is 2. The normalized spacial score (nSPS) is 11.0. The molecular weight excluding hydrogens is 362 g/mol. The Morgan fingerprint density at radius 1 is 1.12 bits per heavy atom. The van der Waals surface area contributed by atoms with E-state index in [1.165, 1.54) is 11.7 Å². The van der Waals surface area contributed by atoms with Gasteiger partial charge in [-0.3, -0.25) is 9.48 Å². The summed E-state index contributed by atoms with van der Waals surface area (Å²) in [4.78, 5) is 12.1. The number of benzene rings is 1. The molecule has 0 fully saturated rings. The van der Waals surface area contributed by atoms with E-state index >= 15 is 0 Å². The highest BCUT2D eigenvalue weighted by atomic mass is 35.5. The van der Waals surface area contributed by atoms with Gasteiger partial charge in [0, 0.05) is 24.7 Å². The Balaban J connectivity index is 2.31. The van der Waals surface area contributed by atoms with Crippen LogP contribution < -0.4 is 5.32 Å². The van der Waals surface area contributed by atoms with Crippen LogP contribution >= 0.6 is 11.6 Å². The van der Waals surface area contributed by atoms with E-state index in [9.17, 15) is 22.4 Å². The molecule has 25 heavy (non-hydrogen) atoms. The van der Waals surface area contributed by atoms with Gasteiger partial charge in [-0.15, -0.1) is 0 Å². The zero-order valence-corrected chi connectivity index (χ0v) is 14.6. The largest absolute Gasteiger partial charge is 0.346 e. The van der Waals surface area contributed by atoms with E-state index in [2.05, 4.69) is 10.4 Å². The Kier molecular flexibility index (Phi) is 5.72. The van der Waals surface area contributed by atoms with E-state index in [-0.39, 0.29) is 17.1 Å². The molecule has 0 aliphatic rings. The minimum Gasteiger partial charge on any atom is -0.346 e. The van der Waals surface area contributed by atoms with Gasteiger partial charge in [0.2, 0.25) is 0 Å². The number of carbonyl (C=O) groups excluding carboxylic acids is 1. The Bertz CT molecular complexity index is 807. The summed E-state index contributed by atoms with van der Waals surface area (Å²) in [7, 11) is 1.47. The molecule has 1 aromatic heterocycles. The maximum atomic E-state index is 14.1. The highest BCUT2D eigenvalue weighted by Crippen LogP contribution is 2.25. The monoisotopic (exact) mass is 377 g/mol. The molecule has 0 bridgehead atoms. The van der Waals surface area contributed by atoms with Gasteiger partial charge in [0.05, 0.1) is 10.7 Å². The third-order valence-corrected chi connectivity index (χ3v) is 4.19. The van der Waals surface area contributed by atoms with Gasteiger partial charge < -0.3 is 5.32 Å². The van der Waals surface area contributed by atoms with Gasteiger partial charge in [-0.25, -0.2) is 17.6 Å². The second-order valence-corrected chi connectivity index (χ2v) is 5.90. The summed E-state index contributed by atoms with van der Waals surface area (Å²) in [6.07, 6.45) is 0.184. The summed E-state index contributed by atoms with van der Waals surface area (Å²) < 4.78 is 57.2. The molecule has 1 amide bonds. The van der Waals surface area contributed by atoms with Crippen molar-refractivity contribution >= 4 is 17.5 Å². The van der Waals surface area contributed by atoms with Crippen molar-refractivity contribution in [2.24, 2.45) is 7.05 Å². The van der Waals surface area contributed by atoms with Gasteiger partial charge in [-0.2, -0.15) is 5.10 Å². The maximum Gasteiger partial charge on any atom is 0.271 e. The molecule has 0 spiro atoms. The molecule has 4 nitrogen and oxygen atoms in total. The smallest absolute Gasteiger partial charge is 0.271 e. The summed E-state index contributed by atoms with van der Waals surface area (Å²) in [5.74, 6) is -6.70. The van der Waals surface area contributed by atoms with E-state index in [0.717, 1.165) is 0 Å². The number of nitrogens with one attached hydrogen (secondary N) is 1. The molecule has 2 aromatic rings. The number of aryl methyl sites for hydroxylation is 2. The van der Waals surface area contributed by atoms with Crippen molar-refractivity contribution in [2.45, 2.75) is 33.2 Å². The number of hydrogen-bond acceptors (Lipinski definition) is 2. The fourth-order valence-corrected chi connectivity index (χ4v) is 2.72. The Morgan fingerprint density at radius 3 is 2.08 bits per heavy atom. The van der Waals surface area contributed by atoms with Gasteiger partial charge in [0.15, 0.2) is 23.3 Å². The number of halogens is 5. The van der Waals surface area contributed by atoms with Gasteiger partial charge in [0.1, 0.15) is 5.69 Å². The lowest BCUT2D eigenvalue weighted by molar-refractivity contribution is 0.0940. The minimum atomic E-state index is -1.52. The maximum absolute atomic E-state index is 14.1. The van der Waals surface area contributed by atoms with Crippen LogP contribution in [0.1, 0.15) is 40.7 Å². The van der Waals surface area contributed by atoms with E-state index in [1.807, 2.05) is 0 Å². The van der Waals surface area contributed by atoms with E-state index in [0.29, 0.717) is 12.1 Å². The topological polar surface area (TPSA) is 46.9 Å². The first-order valence-corrected chi connectivity index (χ1v) is 7.89. The summed E-state index contributed by atoms with van der Waals surface area (Å²) >= 11 is 5.95. The average molecular weight is 378 g/mol. The van der Waals surface area contributed by atoms with Crippen molar-refractivity contribution in [3.8, 4) is 0 Å². The number of aromatic nitrogens is 2. The van der Waals surface area contributed by atoms with E-state index in [4.69, 9.17) is 11.6 Å². The van der Waals surface area contributed by atoms with Gasteiger partial charge >= 0.3 is 0 Å². The molecule has 0 atom stereocenters. The first kappa shape index (κ1) is 19.2. The zero-order chi connectivity index (χ0) is 18.9. The molecule has 9 heteroatoms. The van der Waals surface area contributed by atoms with Crippen LogP contribution in [0.15, 0.2) is 0 Å². The fourth-order valence-electron chi connectivity index (χ4n) is 2.48. The SMILES string of the molecule is CCCc1c(F)c(F)c(CNC(=O)c2c(Cl)c(C)nn2C)c(F)c1F. The molecule has 0 saturated carbocycles. The number of hydrogen-bond donors (Lipinski definition) is 1. The van der Waals surface area contributed by atoms with Crippen LogP contribution in [-0.2, 0) is 20.0 Å². The standard InChI is InChI=1S/C16H16ClF4N3O/c1-4-5-8-11(18)13(20)9(14(21)12(8)19)6-22-16(25)15-10(17)7(2)23-24(15)3/h4-6H2,1-3H3,(H,22,25). The lowest BCUT2D eigenvalue weighted by atomic mass is 10.0. The Hall–Kier alpha value is -2.09. The highest BCUT2D eigenvalue weighted by molar-refractivity contribution is 6.34. The summed E-state index contributed by atoms with van der Waals surface area (Å²) in [5, 5.41) is 6.22. The van der Waals surface area contributed by atoms with Crippen LogP contribution in [0.2, 0.25) is 5.02 Å². The van der Waals surface area contributed by atoms with Crippen molar-refractivity contribution in [2.75, 3.05) is 0 Å². The number of rotatable bonds is 5. The zero-order valence-electron chi connectivity index (χ0n) is 13.8. The quantitative estimate of drug-likeness (QED) is 0.636. The van der Waals surface area contributed by atoms with Gasteiger partial charge in [-0.1, -0.05) is 24.9 Å². The van der Waals surface area contributed by atoms with Crippen LogP contribution in [0, 0.1) is 30.2 Å². The second-order valence-electron chi connectivity index (χ2n) is 5.52. The van der Waals surface area contributed by atoms with Crippen molar-refractivity contribution in [3.63, 3.8) is 0 Å². The molecule has 2 rings (SSSR count). The predicted octanol–water partition coefficient (Wildman–Crippen LogP) is 3.82.